The van der Waals surface area contributed by atoms with Gasteiger partial charge < -0.3 is 8.85 Å². The summed E-state index contributed by atoms with van der Waals surface area (Å²) in [5.41, 5.74) is 1.09. The molecule has 0 N–H and O–H groups in total. The molecule has 2 aromatic rings. The number of rotatable bonds is 6. The third kappa shape index (κ3) is 4.54. The lowest BCUT2D eigenvalue weighted by molar-refractivity contribution is 0.396. The summed E-state index contributed by atoms with van der Waals surface area (Å²) in [6.07, 6.45) is 0. The highest BCUT2D eigenvalue weighted by Gasteiger charge is 2.37. The van der Waals surface area contributed by atoms with Crippen LogP contribution in [0.4, 0.5) is 0 Å². The molecule has 0 aliphatic carbocycles. The Morgan fingerprint density at radius 2 is 1.20 bits per heavy atom. The molecule has 0 aliphatic rings. The molecule has 0 aliphatic heterocycles. The van der Waals surface area contributed by atoms with E-state index in [1.807, 2.05) is 60.7 Å². The molecule has 0 heterocycles. The fraction of sp³-hybridized carbons (Fsp3) is 0.250. The first-order chi connectivity index (χ1) is 9.57. The van der Waals surface area contributed by atoms with E-state index in [0.29, 0.717) is 0 Å². The van der Waals surface area contributed by atoms with Crippen molar-refractivity contribution in [3.05, 3.63) is 60.7 Å². The molecule has 0 saturated heterocycles. The number of hydrogen-bond acceptors (Lipinski definition) is 2. The van der Waals surface area contributed by atoms with Gasteiger partial charge in [-0.05, 0) is 24.3 Å². The van der Waals surface area contributed by atoms with E-state index in [0.717, 1.165) is 17.2 Å². The Hall–Kier alpha value is -1.53. The largest absolute Gasteiger partial charge is 0.512 e. The van der Waals surface area contributed by atoms with Gasteiger partial charge in [0.25, 0.3) is 0 Å². The van der Waals surface area contributed by atoms with Crippen LogP contribution < -0.4 is 8.85 Å². The van der Waals surface area contributed by atoms with Gasteiger partial charge in [-0.25, -0.2) is 0 Å². The summed E-state index contributed by atoms with van der Waals surface area (Å²) in [7, 11) is -3.00. The summed E-state index contributed by atoms with van der Waals surface area (Å²) < 4.78 is 12.5. The van der Waals surface area contributed by atoms with Gasteiger partial charge in [0.15, 0.2) is 0 Å². The molecule has 106 valence electrons. The van der Waals surface area contributed by atoms with E-state index in [2.05, 4.69) is 19.6 Å². The highest BCUT2D eigenvalue weighted by atomic mass is 28.4. The van der Waals surface area contributed by atoms with E-state index in [4.69, 9.17) is 8.85 Å². The molecule has 4 heteroatoms. The molecule has 0 radical (unpaired) electrons. The van der Waals surface area contributed by atoms with Crippen LogP contribution in [0.2, 0.25) is 25.3 Å². The fourth-order valence-electron chi connectivity index (χ4n) is 2.32. The second-order valence-electron chi connectivity index (χ2n) is 5.56. The maximum atomic E-state index is 6.27. The van der Waals surface area contributed by atoms with Crippen molar-refractivity contribution < 1.29 is 8.85 Å². The van der Waals surface area contributed by atoms with Crippen LogP contribution in [0, 0.1) is 0 Å². The SMILES string of the molecule is C[SiH](C)C[Si](C)(Oc1ccccc1)Oc1ccccc1. The van der Waals surface area contributed by atoms with Crippen LogP contribution in [-0.2, 0) is 0 Å². The molecular formula is C16H22O2Si2. The molecular weight excluding hydrogens is 280 g/mol. The quantitative estimate of drug-likeness (QED) is 0.743. The maximum absolute atomic E-state index is 6.27. The highest BCUT2D eigenvalue weighted by Crippen LogP contribution is 2.23. The second-order valence-corrected chi connectivity index (χ2v) is 12.7. The third-order valence-corrected chi connectivity index (χ3v) is 10.5. The molecule has 0 amide bonds. The molecule has 20 heavy (non-hydrogen) atoms. The molecule has 0 spiro atoms. The summed E-state index contributed by atoms with van der Waals surface area (Å²) in [5, 5.41) is 0. The van der Waals surface area contributed by atoms with Crippen molar-refractivity contribution in [3.63, 3.8) is 0 Å². The van der Waals surface area contributed by atoms with E-state index in [1.165, 1.54) is 0 Å². The molecule has 2 aromatic carbocycles. The topological polar surface area (TPSA) is 18.5 Å². The van der Waals surface area contributed by atoms with Gasteiger partial charge in [-0.15, -0.1) is 0 Å². The molecule has 0 bridgehead atoms. The zero-order valence-electron chi connectivity index (χ0n) is 12.4. The fourth-order valence-corrected chi connectivity index (χ4v) is 10.2. The average Bonchev–Trinajstić information content (AvgIpc) is 2.39. The molecule has 0 saturated carbocycles. The van der Waals surface area contributed by atoms with Crippen LogP contribution in [0.5, 0.6) is 11.5 Å². The van der Waals surface area contributed by atoms with E-state index in [1.54, 1.807) is 0 Å². The Bertz CT molecular complexity index is 473. The lowest BCUT2D eigenvalue weighted by Gasteiger charge is -2.29. The van der Waals surface area contributed by atoms with Gasteiger partial charge in [-0.2, -0.15) is 0 Å². The summed E-state index contributed by atoms with van der Waals surface area (Å²) >= 11 is 0. The Labute approximate surface area is 124 Å². The minimum Gasteiger partial charge on any atom is -0.512 e. The van der Waals surface area contributed by atoms with Crippen molar-refractivity contribution in [2.24, 2.45) is 0 Å². The summed E-state index contributed by atoms with van der Waals surface area (Å²) in [6, 6.07) is 20.0. The lowest BCUT2D eigenvalue weighted by atomic mass is 10.3. The first kappa shape index (κ1) is 14.9. The van der Waals surface area contributed by atoms with Crippen molar-refractivity contribution in [1.29, 1.82) is 0 Å². The van der Waals surface area contributed by atoms with Gasteiger partial charge in [-0.1, -0.05) is 49.5 Å². The van der Waals surface area contributed by atoms with Crippen molar-refractivity contribution in [2.75, 3.05) is 0 Å². The summed E-state index contributed by atoms with van der Waals surface area (Å²) in [4.78, 5) is 0. The summed E-state index contributed by atoms with van der Waals surface area (Å²) in [6.45, 7) is 6.85. The normalized spacial score (nSPS) is 11.4. The number of para-hydroxylation sites is 2. The average molecular weight is 303 g/mol. The maximum Gasteiger partial charge on any atom is 0.454 e. The van der Waals surface area contributed by atoms with Gasteiger partial charge in [-0.3, -0.25) is 0 Å². The lowest BCUT2D eigenvalue weighted by Crippen LogP contribution is -2.48. The van der Waals surface area contributed by atoms with Crippen LogP contribution in [0.25, 0.3) is 0 Å². The Morgan fingerprint density at radius 1 is 0.800 bits per heavy atom. The Morgan fingerprint density at radius 3 is 1.55 bits per heavy atom. The third-order valence-electron chi connectivity index (χ3n) is 2.93. The van der Waals surface area contributed by atoms with E-state index < -0.39 is 17.4 Å². The molecule has 2 rings (SSSR count). The monoisotopic (exact) mass is 302 g/mol. The number of benzene rings is 2. The van der Waals surface area contributed by atoms with Crippen LogP contribution in [0.3, 0.4) is 0 Å². The van der Waals surface area contributed by atoms with Gasteiger partial charge in [0.1, 0.15) is 11.5 Å². The predicted octanol–water partition coefficient (Wildman–Crippen LogP) is 4.24. The first-order valence-electron chi connectivity index (χ1n) is 7.05. The standard InChI is InChI=1S/C16H22O2Si2/c1-19(2)14-20(3,17-15-10-6-4-7-11-15)18-16-12-8-5-9-13-16/h4-13,19H,14H2,1-3H3. The van der Waals surface area contributed by atoms with E-state index in [9.17, 15) is 0 Å². The number of hydrogen-bond donors (Lipinski definition) is 0. The van der Waals surface area contributed by atoms with Gasteiger partial charge in [0.2, 0.25) is 0 Å². The van der Waals surface area contributed by atoms with Crippen LogP contribution in [0.15, 0.2) is 60.7 Å². The predicted molar refractivity (Wildman–Crippen MR) is 89.4 cm³/mol. The van der Waals surface area contributed by atoms with E-state index in [-0.39, 0.29) is 0 Å². The molecule has 2 nitrogen and oxygen atoms in total. The van der Waals surface area contributed by atoms with Crippen LogP contribution >= 0.6 is 0 Å². The van der Waals surface area contributed by atoms with Gasteiger partial charge in [0.05, 0.1) is 0 Å². The van der Waals surface area contributed by atoms with Gasteiger partial charge >= 0.3 is 8.56 Å². The molecule has 0 fully saturated rings. The van der Waals surface area contributed by atoms with Crippen molar-refractivity contribution in [2.45, 2.75) is 25.3 Å². The van der Waals surface area contributed by atoms with Crippen molar-refractivity contribution >= 4 is 17.4 Å². The van der Waals surface area contributed by atoms with Crippen molar-refractivity contribution in [3.8, 4) is 11.5 Å². The molecule has 0 aromatic heterocycles. The molecule has 0 atom stereocenters. The smallest absolute Gasteiger partial charge is 0.454 e. The first-order valence-corrected chi connectivity index (χ1v) is 12.7. The highest BCUT2D eigenvalue weighted by molar-refractivity contribution is 6.81. The zero-order valence-corrected chi connectivity index (χ0v) is 14.5. The van der Waals surface area contributed by atoms with E-state index >= 15 is 0 Å². The zero-order chi connectivity index (χ0) is 14.4. The molecule has 0 unspecified atom stereocenters. The van der Waals surface area contributed by atoms with Crippen LogP contribution in [-0.4, -0.2) is 17.4 Å². The van der Waals surface area contributed by atoms with Crippen molar-refractivity contribution in [1.82, 2.24) is 0 Å². The summed E-state index contributed by atoms with van der Waals surface area (Å²) in [5.74, 6) is 1.82. The van der Waals surface area contributed by atoms with Crippen LogP contribution in [0.1, 0.15) is 0 Å². The Kier molecular flexibility index (Phi) is 5.03. The minimum absolute atomic E-state index is 0.766. The Balaban J connectivity index is 2.17. The minimum atomic E-state index is -2.23. The second kappa shape index (κ2) is 6.77. The van der Waals surface area contributed by atoms with Gasteiger partial charge in [0, 0.05) is 21.0 Å².